The van der Waals surface area contributed by atoms with E-state index in [1.165, 1.54) is 23.9 Å². The first-order valence-corrected chi connectivity index (χ1v) is 31.5. The van der Waals surface area contributed by atoms with Crippen LogP contribution < -0.4 is 29.8 Å². The topological polar surface area (TPSA) is 189 Å². The zero-order chi connectivity index (χ0) is 58.6. The number of pyridine rings is 6. The molecule has 0 aliphatic carbocycles. The lowest BCUT2D eigenvalue weighted by Crippen LogP contribution is -2.15. The Morgan fingerprint density at radius 1 is 0.586 bits per heavy atom. The number of ether oxygens (including phenoxy) is 4. The fourth-order valence-corrected chi connectivity index (χ4v) is 12.0. The first-order valence-electron chi connectivity index (χ1n) is 25.0. The number of nitrogens with zero attached hydrogens (tertiary/aromatic N) is 8. The summed E-state index contributed by atoms with van der Waals surface area (Å²) in [5.74, 6) is 2.41. The molecule has 0 radical (unpaired) electrons. The van der Waals surface area contributed by atoms with E-state index in [-0.39, 0.29) is 38.8 Å². The average molecular weight is 1690 g/mol. The van der Waals surface area contributed by atoms with E-state index in [1.54, 1.807) is 46.3 Å². The van der Waals surface area contributed by atoms with Crippen LogP contribution in [0.5, 0.6) is 23.0 Å². The highest BCUT2D eigenvalue weighted by atomic mass is 127. The standard InChI is InChI=1S/C21H15FN6O2S.C11H8BrNO2.C9H4BrClIN.C9H5BrINO.C9H6BrNO.3CH4/c1-27-10-13(8-24-27)12-6-16(22)20-25-26-21(28(20)11-12)31-14-2-3-17-15(7-14)19-18(9-23-17)29-4-5-30-19;12-7-1-2-9-8(5-7)11-10(6-13-9)14-3-4-15-11;10-5-1-2-8-6(3-5)9(11)7(12)4-13-8;10-5-1-2-8-6(3-5)9(13)7(11)4-12-8;10-6-1-2-8-7(5-6)9(12)3-4-11-8;;;/h2-3,6-11H,4-5H2,1H3;1-2,5-6H,3-4H2;1-4H;1-4H,(H,12,13);1-5H,(H,11,12);3*1H4. The van der Waals surface area contributed by atoms with Crippen LogP contribution in [0.15, 0.2) is 190 Å². The van der Waals surface area contributed by atoms with Gasteiger partial charge in [0, 0.05) is 116 Å². The molecule has 25 heteroatoms. The summed E-state index contributed by atoms with van der Waals surface area (Å²) in [5, 5.41) is 18.0. The second-order valence-electron chi connectivity index (χ2n) is 18.2. The monoisotopic (exact) mass is 1690 g/mol. The number of fused-ring (bicyclic) bond motifs is 10. The molecule has 5 aromatic carbocycles. The molecule has 87 heavy (non-hydrogen) atoms. The van der Waals surface area contributed by atoms with Crippen molar-refractivity contribution >= 4 is 192 Å². The summed E-state index contributed by atoms with van der Waals surface area (Å²) in [7, 11) is 1.82. The van der Waals surface area contributed by atoms with Gasteiger partial charge in [-0.1, -0.05) is 97.6 Å². The molecule has 2 aliphatic rings. The van der Waals surface area contributed by atoms with Crippen LogP contribution in [-0.4, -0.2) is 75.7 Å². The van der Waals surface area contributed by atoms with Gasteiger partial charge in [-0.2, -0.15) is 5.10 Å². The van der Waals surface area contributed by atoms with Crippen LogP contribution in [0.25, 0.3) is 71.3 Å². The lowest BCUT2D eigenvalue weighted by Gasteiger charge is -2.19. The Morgan fingerprint density at radius 3 is 1.76 bits per heavy atom. The number of aromatic amines is 2. The van der Waals surface area contributed by atoms with E-state index in [9.17, 15) is 14.0 Å². The van der Waals surface area contributed by atoms with E-state index < -0.39 is 5.82 Å². The van der Waals surface area contributed by atoms with Crippen molar-refractivity contribution < 1.29 is 23.3 Å². The number of hydrogen-bond donors (Lipinski definition) is 2. The van der Waals surface area contributed by atoms with Gasteiger partial charge in [0.15, 0.2) is 39.9 Å². The van der Waals surface area contributed by atoms with Crippen molar-refractivity contribution in [3.63, 3.8) is 0 Å². The molecule has 0 fully saturated rings. The molecule has 0 saturated carbocycles. The van der Waals surface area contributed by atoms with E-state index in [4.69, 9.17) is 30.5 Å². The molecule has 15 rings (SSSR count). The highest BCUT2D eigenvalue weighted by Gasteiger charge is 2.20. The summed E-state index contributed by atoms with van der Waals surface area (Å²) in [5.41, 5.74) is 6.20. The van der Waals surface area contributed by atoms with Gasteiger partial charge in [-0.3, -0.25) is 33.6 Å². The molecule has 16 nitrogen and oxygen atoms in total. The van der Waals surface area contributed by atoms with Gasteiger partial charge in [-0.05, 0) is 154 Å². The van der Waals surface area contributed by atoms with Gasteiger partial charge in [0.2, 0.25) is 10.6 Å². The Kier molecular flexibility index (Phi) is 22.9. The molecule has 2 N–H and O–H groups in total. The Labute approximate surface area is 568 Å². The fourth-order valence-electron chi connectivity index (χ4n) is 8.66. The van der Waals surface area contributed by atoms with Crippen molar-refractivity contribution in [1.29, 1.82) is 0 Å². The molecule has 2 aliphatic heterocycles. The largest absolute Gasteiger partial charge is 0.485 e. The minimum atomic E-state index is -0.442. The number of aromatic nitrogens is 10. The van der Waals surface area contributed by atoms with Gasteiger partial charge < -0.3 is 28.9 Å². The Balaban J connectivity index is 0.000000149. The number of halogens is 8. The van der Waals surface area contributed by atoms with Gasteiger partial charge >= 0.3 is 0 Å². The summed E-state index contributed by atoms with van der Waals surface area (Å²) in [6, 6.07) is 31.8. The number of rotatable bonds is 3. The van der Waals surface area contributed by atoms with Gasteiger partial charge in [0.1, 0.15) is 26.4 Å². The zero-order valence-corrected chi connectivity index (χ0v) is 55.5. The second kappa shape index (κ2) is 29.8. The van der Waals surface area contributed by atoms with Crippen LogP contribution in [0.4, 0.5) is 4.39 Å². The van der Waals surface area contributed by atoms with E-state index in [0.717, 1.165) is 97.6 Å². The van der Waals surface area contributed by atoms with Crippen molar-refractivity contribution in [3.05, 3.63) is 209 Å². The van der Waals surface area contributed by atoms with Crippen LogP contribution >= 0.6 is 132 Å². The first kappa shape index (κ1) is 66.7. The van der Waals surface area contributed by atoms with Gasteiger partial charge in [0.25, 0.3) is 0 Å². The Morgan fingerprint density at radius 2 is 1.13 bits per heavy atom. The van der Waals surface area contributed by atoms with Crippen LogP contribution in [0.3, 0.4) is 0 Å². The van der Waals surface area contributed by atoms with E-state index >= 15 is 0 Å². The Hall–Kier alpha value is -6.27. The highest BCUT2D eigenvalue weighted by molar-refractivity contribution is 14.1. The Bertz CT molecular complexity index is 4780. The molecule has 10 heterocycles. The summed E-state index contributed by atoms with van der Waals surface area (Å²) in [6.07, 6.45) is 13.9. The fraction of sp³-hybridized carbons (Fsp3) is 0.129. The number of hydrogen-bond acceptors (Lipinski definition) is 13. The van der Waals surface area contributed by atoms with Gasteiger partial charge in [-0.15, -0.1) is 10.2 Å². The third-order valence-electron chi connectivity index (χ3n) is 12.6. The average Bonchev–Trinajstić information content (AvgIpc) is 3.22. The summed E-state index contributed by atoms with van der Waals surface area (Å²) in [6.45, 7) is 2.19. The zero-order valence-electron chi connectivity index (χ0n) is 43.2. The lowest BCUT2D eigenvalue weighted by molar-refractivity contribution is 0.173. The number of H-pyrrole nitrogens is 2. The predicted octanol–water partition coefficient (Wildman–Crippen LogP) is 17.9. The molecule has 8 aromatic heterocycles. The van der Waals surface area contributed by atoms with Crippen LogP contribution in [-0.2, 0) is 7.05 Å². The van der Waals surface area contributed by atoms with Crippen molar-refractivity contribution in [2.45, 2.75) is 32.3 Å². The highest BCUT2D eigenvalue weighted by Crippen LogP contribution is 2.40. The normalized spacial score (nSPS) is 11.8. The van der Waals surface area contributed by atoms with E-state index in [0.29, 0.717) is 57.6 Å². The SMILES string of the molecule is Brc1ccc2ncc3c(c2c1)OCCO3.C.C.C.Clc1c(I)cnc2ccc(Br)cc12.Cn1cc(-c2cc(F)c3nnc(Sc4ccc5ncc6c(c5c4)OCCO6)n3c2)cn1.O=c1c(I)c[nH]c2ccc(Br)cc12.O=c1cc[nH]c2ccc(Br)cc12. The van der Waals surface area contributed by atoms with Crippen molar-refractivity contribution in [1.82, 2.24) is 49.3 Å². The van der Waals surface area contributed by atoms with Gasteiger partial charge in [0.05, 0.1) is 47.3 Å². The molecule has 0 saturated heterocycles. The minimum Gasteiger partial charge on any atom is -0.485 e. The molecule has 0 bridgehead atoms. The summed E-state index contributed by atoms with van der Waals surface area (Å²) >= 11 is 25.2. The lowest BCUT2D eigenvalue weighted by atomic mass is 10.1. The number of aryl methyl sites for hydroxylation is 1. The molecule has 0 atom stereocenters. The quantitative estimate of drug-likeness (QED) is 0.159. The first-order chi connectivity index (χ1) is 40.6. The maximum atomic E-state index is 14.7. The number of nitrogens with one attached hydrogen (secondary N) is 2. The molecular formula is C62H50Br4ClFI2N10O6S. The molecule has 0 amide bonds. The third kappa shape index (κ3) is 15.4. The summed E-state index contributed by atoms with van der Waals surface area (Å²) in [4.78, 5) is 42.9. The third-order valence-corrected chi connectivity index (χ3v) is 17.9. The van der Waals surface area contributed by atoms with Crippen molar-refractivity contribution in [3.8, 4) is 34.1 Å². The minimum absolute atomic E-state index is 0. The molecule has 0 spiro atoms. The van der Waals surface area contributed by atoms with Crippen LogP contribution in [0.2, 0.25) is 5.02 Å². The molecule has 446 valence electrons. The van der Waals surface area contributed by atoms with E-state index in [1.807, 2.05) is 133 Å². The predicted molar refractivity (Wildman–Crippen MR) is 377 cm³/mol. The molecule has 0 unspecified atom stereocenters. The summed E-state index contributed by atoms with van der Waals surface area (Å²) < 4.78 is 46.1. The smallest absolute Gasteiger partial charge is 0.202 e. The maximum absolute atomic E-state index is 14.7. The molecule has 13 aromatic rings. The number of benzene rings is 5. The van der Waals surface area contributed by atoms with Gasteiger partial charge in [-0.25, -0.2) is 4.39 Å². The van der Waals surface area contributed by atoms with Crippen molar-refractivity contribution in [2.24, 2.45) is 7.05 Å². The van der Waals surface area contributed by atoms with Crippen LogP contribution in [0, 0.1) is 13.0 Å². The molecular weight excluding hydrogens is 1640 g/mol. The van der Waals surface area contributed by atoms with E-state index in [2.05, 4.69) is 127 Å². The maximum Gasteiger partial charge on any atom is 0.202 e. The van der Waals surface area contributed by atoms with Crippen molar-refractivity contribution in [2.75, 3.05) is 26.4 Å². The van der Waals surface area contributed by atoms with Crippen LogP contribution in [0.1, 0.15) is 22.3 Å². The second-order valence-corrected chi connectivity index (χ2v) is 25.6.